The lowest BCUT2D eigenvalue weighted by Crippen LogP contribution is -2.42. The molecule has 1 aliphatic rings. The fraction of sp³-hybridized carbons (Fsp3) is 0.389. The second kappa shape index (κ2) is 8.17. The molecule has 2 atom stereocenters. The number of ether oxygens (including phenoxy) is 1. The molecule has 2 heterocycles. The van der Waals surface area contributed by atoms with E-state index in [1.165, 1.54) is 25.6 Å². The predicted octanol–water partition coefficient (Wildman–Crippen LogP) is 2.15. The van der Waals surface area contributed by atoms with Crippen LogP contribution in [-0.2, 0) is 0 Å². The number of carbonyl (C=O) groups is 1. The Morgan fingerprint density at radius 3 is 2.81 bits per heavy atom. The fourth-order valence-electron chi connectivity index (χ4n) is 3.20. The number of halogens is 1. The van der Waals surface area contributed by atoms with Gasteiger partial charge in [-0.15, -0.1) is 0 Å². The number of primary amides is 1. The standard InChI is InChI=1S/C18H23FN6O2/c1-27-18-15(24-12-7-3-2-6-11(12)20)14(19)13(9-23-18)25-17-10(16(21)26)5-4-8-22-17/h4-5,8-9,11-12,24H,2-3,6-7,20H2,1H3,(H2,21,26)(H,22,25). The van der Waals surface area contributed by atoms with E-state index >= 15 is 4.39 Å². The average Bonchev–Trinajstić information content (AvgIpc) is 2.67. The first kappa shape index (κ1) is 18.8. The zero-order valence-corrected chi connectivity index (χ0v) is 15.0. The van der Waals surface area contributed by atoms with Gasteiger partial charge in [0.2, 0.25) is 5.88 Å². The second-order valence-corrected chi connectivity index (χ2v) is 6.46. The molecule has 0 aliphatic heterocycles. The van der Waals surface area contributed by atoms with Crippen molar-refractivity contribution in [1.29, 1.82) is 0 Å². The summed E-state index contributed by atoms with van der Waals surface area (Å²) in [6.07, 6.45) is 6.56. The van der Waals surface area contributed by atoms with Crippen LogP contribution in [0.2, 0.25) is 0 Å². The zero-order chi connectivity index (χ0) is 19.4. The molecule has 0 spiro atoms. The molecule has 2 unspecified atom stereocenters. The van der Waals surface area contributed by atoms with Crippen LogP contribution in [0.4, 0.5) is 21.6 Å². The highest BCUT2D eigenvalue weighted by molar-refractivity contribution is 5.98. The van der Waals surface area contributed by atoms with Gasteiger partial charge in [-0.3, -0.25) is 4.79 Å². The van der Waals surface area contributed by atoms with Crippen LogP contribution in [0.15, 0.2) is 24.5 Å². The molecule has 8 nitrogen and oxygen atoms in total. The molecule has 6 N–H and O–H groups in total. The highest BCUT2D eigenvalue weighted by Crippen LogP contribution is 2.34. The van der Waals surface area contributed by atoms with Gasteiger partial charge < -0.3 is 26.8 Å². The normalized spacial score (nSPS) is 19.4. The number of nitrogens with two attached hydrogens (primary N) is 2. The van der Waals surface area contributed by atoms with E-state index in [2.05, 4.69) is 20.6 Å². The minimum Gasteiger partial charge on any atom is -0.479 e. The van der Waals surface area contributed by atoms with Gasteiger partial charge in [-0.05, 0) is 25.0 Å². The lowest BCUT2D eigenvalue weighted by atomic mass is 9.91. The van der Waals surface area contributed by atoms with Gasteiger partial charge in [-0.1, -0.05) is 12.8 Å². The lowest BCUT2D eigenvalue weighted by Gasteiger charge is -2.30. The molecule has 0 radical (unpaired) electrons. The predicted molar refractivity (Wildman–Crippen MR) is 101 cm³/mol. The van der Waals surface area contributed by atoms with Crippen molar-refractivity contribution in [2.75, 3.05) is 17.7 Å². The molecule has 144 valence electrons. The van der Waals surface area contributed by atoms with Crippen molar-refractivity contribution in [3.63, 3.8) is 0 Å². The van der Waals surface area contributed by atoms with Crippen molar-refractivity contribution in [2.24, 2.45) is 11.5 Å². The van der Waals surface area contributed by atoms with Crippen LogP contribution in [0, 0.1) is 5.82 Å². The van der Waals surface area contributed by atoms with Gasteiger partial charge in [0, 0.05) is 18.3 Å². The molecule has 2 aromatic heterocycles. The summed E-state index contributed by atoms with van der Waals surface area (Å²) in [7, 11) is 1.42. The molecule has 9 heteroatoms. The molecule has 3 rings (SSSR count). The molecular formula is C18H23FN6O2. The number of pyridine rings is 2. The first-order valence-electron chi connectivity index (χ1n) is 8.77. The Morgan fingerprint density at radius 1 is 1.33 bits per heavy atom. The van der Waals surface area contributed by atoms with Gasteiger partial charge in [0.1, 0.15) is 11.5 Å². The van der Waals surface area contributed by atoms with E-state index in [9.17, 15) is 4.79 Å². The van der Waals surface area contributed by atoms with Gasteiger partial charge in [0.05, 0.1) is 24.6 Å². The van der Waals surface area contributed by atoms with E-state index in [-0.39, 0.29) is 40.7 Å². The summed E-state index contributed by atoms with van der Waals surface area (Å²) >= 11 is 0. The van der Waals surface area contributed by atoms with Crippen LogP contribution < -0.4 is 26.8 Å². The molecule has 1 saturated carbocycles. The Hall–Kier alpha value is -2.94. The van der Waals surface area contributed by atoms with E-state index in [1.807, 2.05) is 0 Å². The van der Waals surface area contributed by atoms with Gasteiger partial charge in [0.15, 0.2) is 5.82 Å². The van der Waals surface area contributed by atoms with Gasteiger partial charge in [0.25, 0.3) is 5.91 Å². The third kappa shape index (κ3) is 4.08. The third-order valence-corrected chi connectivity index (χ3v) is 4.65. The van der Waals surface area contributed by atoms with E-state index in [1.54, 1.807) is 6.07 Å². The molecular weight excluding hydrogens is 351 g/mol. The van der Waals surface area contributed by atoms with Crippen molar-refractivity contribution < 1.29 is 13.9 Å². The quantitative estimate of drug-likeness (QED) is 0.610. The summed E-state index contributed by atoms with van der Waals surface area (Å²) in [4.78, 5) is 19.8. The number of hydrogen-bond acceptors (Lipinski definition) is 7. The zero-order valence-electron chi connectivity index (χ0n) is 15.0. The van der Waals surface area contributed by atoms with Crippen molar-refractivity contribution in [3.05, 3.63) is 35.9 Å². The van der Waals surface area contributed by atoms with Crippen molar-refractivity contribution in [2.45, 2.75) is 37.8 Å². The minimum absolute atomic E-state index is 0.0453. The van der Waals surface area contributed by atoms with Crippen molar-refractivity contribution >= 4 is 23.1 Å². The summed E-state index contributed by atoms with van der Waals surface area (Å²) in [5.41, 5.74) is 11.8. The van der Waals surface area contributed by atoms with Gasteiger partial charge in [-0.2, -0.15) is 0 Å². The number of nitrogens with one attached hydrogen (secondary N) is 2. The first-order chi connectivity index (χ1) is 13.0. The number of rotatable bonds is 6. The first-order valence-corrected chi connectivity index (χ1v) is 8.77. The number of hydrogen-bond donors (Lipinski definition) is 4. The highest BCUT2D eigenvalue weighted by atomic mass is 19.1. The number of amides is 1. The van der Waals surface area contributed by atoms with Gasteiger partial charge >= 0.3 is 0 Å². The SMILES string of the molecule is COc1ncc(Nc2ncccc2C(N)=O)c(F)c1NC1CCCCC1N. The van der Waals surface area contributed by atoms with Crippen molar-refractivity contribution in [1.82, 2.24) is 9.97 Å². The van der Waals surface area contributed by atoms with E-state index < -0.39 is 11.7 Å². The van der Waals surface area contributed by atoms with E-state index in [0.717, 1.165) is 25.7 Å². The molecule has 27 heavy (non-hydrogen) atoms. The molecule has 2 aromatic rings. The Morgan fingerprint density at radius 2 is 2.11 bits per heavy atom. The second-order valence-electron chi connectivity index (χ2n) is 6.46. The van der Waals surface area contributed by atoms with Crippen LogP contribution in [-0.4, -0.2) is 35.1 Å². The fourth-order valence-corrected chi connectivity index (χ4v) is 3.20. The van der Waals surface area contributed by atoms with Crippen LogP contribution in [0.5, 0.6) is 5.88 Å². The third-order valence-electron chi connectivity index (χ3n) is 4.65. The molecule has 0 aromatic carbocycles. The maximum atomic E-state index is 15.2. The summed E-state index contributed by atoms with van der Waals surface area (Å²) < 4.78 is 20.4. The number of anilines is 3. The lowest BCUT2D eigenvalue weighted by molar-refractivity contribution is 0.100. The number of methoxy groups -OCH3 is 1. The van der Waals surface area contributed by atoms with Crippen LogP contribution in [0.3, 0.4) is 0 Å². The van der Waals surface area contributed by atoms with E-state index in [4.69, 9.17) is 16.2 Å². The summed E-state index contributed by atoms with van der Waals surface area (Å²) in [5, 5.41) is 5.93. The van der Waals surface area contributed by atoms with E-state index in [0.29, 0.717) is 0 Å². The molecule has 0 bridgehead atoms. The Labute approximate surface area is 156 Å². The minimum atomic E-state index is -0.668. The molecule has 1 fully saturated rings. The van der Waals surface area contributed by atoms with Crippen LogP contribution in [0.25, 0.3) is 0 Å². The largest absolute Gasteiger partial charge is 0.479 e. The van der Waals surface area contributed by atoms with Crippen molar-refractivity contribution in [3.8, 4) is 5.88 Å². The Bertz CT molecular complexity index is 831. The maximum absolute atomic E-state index is 15.2. The number of aromatic nitrogens is 2. The molecule has 0 saturated heterocycles. The topological polar surface area (TPSA) is 128 Å². The monoisotopic (exact) mass is 374 g/mol. The Balaban J connectivity index is 1.92. The van der Waals surface area contributed by atoms with Crippen LogP contribution >= 0.6 is 0 Å². The molecule has 1 amide bonds. The number of carbonyl (C=O) groups excluding carboxylic acids is 1. The Kier molecular flexibility index (Phi) is 5.70. The van der Waals surface area contributed by atoms with Gasteiger partial charge in [-0.25, -0.2) is 14.4 Å². The highest BCUT2D eigenvalue weighted by Gasteiger charge is 2.26. The number of nitrogens with zero attached hydrogens (tertiary/aromatic N) is 2. The van der Waals surface area contributed by atoms with Crippen LogP contribution in [0.1, 0.15) is 36.0 Å². The summed E-state index contributed by atoms with van der Waals surface area (Å²) in [5.74, 6) is -0.983. The summed E-state index contributed by atoms with van der Waals surface area (Å²) in [6, 6.07) is 2.94. The maximum Gasteiger partial charge on any atom is 0.252 e. The average molecular weight is 374 g/mol. The molecule has 1 aliphatic carbocycles. The summed E-state index contributed by atoms with van der Waals surface area (Å²) in [6.45, 7) is 0. The smallest absolute Gasteiger partial charge is 0.252 e.